The van der Waals surface area contributed by atoms with Crippen LogP contribution in [0.5, 0.6) is 0 Å². The standard InChI is InChI=1S/C13H19NO3S/c1-4-18-11-7-5-6-10(12(11)13(15)16)14(2)8-9-17-3/h5-7H,4,8-9H2,1-3H3,(H,15,16). The maximum Gasteiger partial charge on any atom is 0.338 e. The van der Waals surface area contributed by atoms with Gasteiger partial charge in [-0.25, -0.2) is 4.79 Å². The predicted octanol–water partition coefficient (Wildman–Crippen LogP) is 2.58. The van der Waals surface area contributed by atoms with Gasteiger partial charge in [0.1, 0.15) is 0 Å². The molecule has 1 aromatic rings. The van der Waals surface area contributed by atoms with Gasteiger partial charge in [-0.1, -0.05) is 13.0 Å². The van der Waals surface area contributed by atoms with Crippen molar-refractivity contribution in [2.75, 3.05) is 38.0 Å². The second-order valence-corrected chi connectivity index (χ2v) is 5.11. The number of carbonyl (C=O) groups is 1. The lowest BCUT2D eigenvalue weighted by Gasteiger charge is -2.22. The van der Waals surface area contributed by atoms with Crippen molar-refractivity contribution in [3.05, 3.63) is 23.8 Å². The van der Waals surface area contributed by atoms with E-state index in [9.17, 15) is 9.90 Å². The zero-order chi connectivity index (χ0) is 13.5. The van der Waals surface area contributed by atoms with Crippen molar-refractivity contribution in [1.29, 1.82) is 0 Å². The van der Waals surface area contributed by atoms with Crippen LogP contribution < -0.4 is 4.90 Å². The second-order valence-electron chi connectivity index (χ2n) is 3.80. The zero-order valence-corrected chi connectivity index (χ0v) is 11.8. The molecule has 0 fully saturated rings. The van der Waals surface area contributed by atoms with Crippen LogP contribution in [0.25, 0.3) is 0 Å². The molecule has 0 atom stereocenters. The van der Waals surface area contributed by atoms with E-state index in [1.165, 1.54) is 0 Å². The summed E-state index contributed by atoms with van der Waals surface area (Å²) in [4.78, 5) is 14.1. The molecule has 0 aromatic heterocycles. The lowest BCUT2D eigenvalue weighted by atomic mass is 10.1. The number of thioether (sulfide) groups is 1. The molecule has 4 nitrogen and oxygen atoms in total. The van der Waals surface area contributed by atoms with E-state index < -0.39 is 5.97 Å². The molecule has 1 rings (SSSR count). The molecule has 0 unspecified atom stereocenters. The van der Waals surface area contributed by atoms with E-state index in [0.717, 1.165) is 16.3 Å². The molecule has 0 bridgehead atoms. The predicted molar refractivity (Wildman–Crippen MR) is 74.9 cm³/mol. The van der Waals surface area contributed by atoms with Gasteiger partial charge < -0.3 is 14.7 Å². The van der Waals surface area contributed by atoms with Crippen LogP contribution in [0.1, 0.15) is 17.3 Å². The Kier molecular flexibility index (Phi) is 6.01. The maximum atomic E-state index is 11.4. The molecule has 18 heavy (non-hydrogen) atoms. The second kappa shape index (κ2) is 7.28. The van der Waals surface area contributed by atoms with E-state index in [4.69, 9.17) is 4.74 Å². The Bertz CT molecular complexity index is 409. The van der Waals surface area contributed by atoms with Crippen molar-refractivity contribution in [2.45, 2.75) is 11.8 Å². The molecule has 0 aliphatic heterocycles. The first-order chi connectivity index (χ1) is 8.61. The molecule has 0 heterocycles. The van der Waals surface area contributed by atoms with Crippen LogP contribution in [0, 0.1) is 0 Å². The van der Waals surface area contributed by atoms with Gasteiger partial charge in [0, 0.05) is 25.6 Å². The summed E-state index contributed by atoms with van der Waals surface area (Å²) in [6, 6.07) is 5.58. The minimum Gasteiger partial charge on any atom is -0.478 e. The summed E-state index contributed by atoms with van der Waals surface area (Å²) < 4.78 is 5.02. The van der Waals surface area contributed by atoms with Gasteiger partial charge >= 0.3 is 5.97 Å². The highest BCUT2D eigenvalue weighted by atomic mass is 32.2. The summed E-state index contributed by atoms with van der Waals surface area (Å²) in [7, 11) is 3.51. The fraction of sp³-hybridized carbons (Fsp3) is 0.462. The van der Waals surface area contributed by atoms with Gasteiger partial charge in [0.05, 0.1) is 17.9 Å². The molecule has 0 spiro atoms. The fourth-order valence-corrected chi connectivity index (χ4v) is 2.50. The lowest BCUT2D eigenvalue weighted by molar-refractivity contribution is 0.0693. The zero-order valence-electron chi connectivity index (χ0n) is 11.0. The number of methoxy groups -OCH3 is 1. The van der Waals surface area contributed by atoms with Gasteiger partial charge in [0.15, 0.2) is 0 Å². The van der Waals surface area contributed by atoms with Crippen LogP contribution >= 0.6 is 11.8 Å². The molecule has 0 saturated heterocycles. The Labute approximate surface area is 112 Å². The fourth-order valence-electron chi connectivity index (χ4n) is 1.68. The van der Waals surface area contributed by atoms with E-state index in [1.807, 2.05) is 37.1 Å². The Balaban J connectivity index is 3.09. The van der Waals surface area contributed by atoms with E-state index >= 15 is 0 Å². The molecular formula is C13H19NO3S. The molecule has 1 N–H and O–H groups in total. The lowest BCUT2D eigenvalue weighted by Crippen LogP contribution is -2.24. The van der Waals surface area contributed by atoms with Crippen LogP contribution in [-0.4, -0.2) is 44.1 Å². The number of benzene rings is 1. The van der Waals surface area contributed by atoms with Gasteiger partial charge in [-0.15, -0.1) is 11.8 Å². The quantitative estimate of drug-likeness (QED) is 0.771. The molecule has 0 aliphatic rings. The summed E-state index contributed by atoms with van der Waals surface area (Å²) >= 11 is 1.55. The topological polar surface area (TPSA) is 49.8 Å². The number of rotatable bonds is 7. The highest BCUT2D eigenvalue weighted by molar-refractivity contribution is 7.99. The third-order valence-corrected chi connectivity index (χ3v) is 3.50. The van der Waals surface area contributed by atoms with Crippen molar-refractivity contribution in [1.82, 2.24) is 0 Å². The molecule has 100 valence electrons. The van der Waals surface area contributed by atoms with Crippen molar-refractivity contribution in [3.63, 3.8) is 0 Å². The molecular weight excluding hydrogens is 250 g/mol. The Hall–Kier alpha value is -1.20. The van der Waals surface area contributed by atoms with Crippen molar-refractivity contribution >= 4 is 23.4 Å². The van der Waals surface area contributed by atoms with Crippen LogP contribution in [0.2, 0.25) is 0 Å². The van der Waals surface area contributed by atoms with Gasteiger partial charge in [-0.2, -0.15) is 0 Å². The average Bonchev–Trinajstić information content (AvgIpc) is 2.35. The molecule has 1 aromatic carbocycles. The first kappa shape index (κ1) is 14.9. The SMILES string of the molecule is CCSc1cccc(N(C)CCOC)c1C(=O)O. The Morgan fingerprint density at radius 1 is 1.50 bits per heavy atom. The first-order valence-corrected chi connectivity index (χ1v) is 6.79. The van der Waals surface area contributed by atoms with Crippen LogP contribution in [0.4, 0.5) is 5.69 Å². The van der Waals surface area contributed by atoms with E-state index in [-0.39, 0.29) is 0 Å². The maximum absolute atomic E-state index is 11.4. The van der Waals surface area contributed by atoms with Gasteiger partial charge in [-0.05, 0) is 17.9 Å². The van der Waals surface area contributed by atoms with Crippen LogP contribution in [0.3, 0.4) is 0 Å². The van der Waals surface area contributed by atoms with Gasteiger partial charge in [0.2, 0.25) is 0 Å². The van der Waals surface area contributed by atoms with Crippen LogP contribution in [0.15, 0.2) is 23.1 Å². The van der Waals surface area contributed by atoms with E-state index in [2.05, 4.69) is 0 Å². The Morgan fingerprint density at radius 2 is 2.22 bits per heavy atom. The highest BCUT2D eigenvalue weighted by Gasteiger charge is 2.17. The highest BCUT2D eigenvalue weighted by Crippen LogP contribution is 2.30. The summed E-state index contributed by atoms with van der Waals surface area (Å²) in [5, 5.41) is 9.38. The number of hydrogen-bond acceptors (Lipinski definition) is 4. The minimum atomic E-state index is -0.884. The average molecular weight is 269 g/mol. The normalized spacial score (nSPS) is 10.4. The minimum absolute atomic E-state index is 0.378. The molecule has 0 saturated carbocycles. The van der Waals surface area contributed by atoms with Crippen LogP contribution in [-0.2, 0) is 4.74 Å². The third-order valence-electron chi connectivity index (χ3n) is 2.56. The summed E-state index contributed by atoms with van der Waals surface area (Å²) in [6.07, 6.45) is 0. The van der Waals surface area contributed by atoms with Crippen molar-refractivity contribution < 1.29 is 14.6 Å². The smallest absolute Gasteiger partial charge is 0.338 e. The molecule has 0 aliphatic carbocycles. The number of ether oxygens (including phenoxy) is 1. The molecule has 0 radical (unpaired) electrons. The first-order valence-electron chi connectivity index (χ1n) is 5.81. The van der Waals surface area contributed by atoms with Crippen molar-refractivity contribution in [3.8, 4) is 0 Å². The summed E-state index contributed by atoms with van der Waals surface area (Å²) in [6.45, 7) is 3.25. The largest absolute Gasteiger partial charge is 0.478 e. The summed E-state index contributed by atoms with van der Waals surface area (Å²) in [5.41, 5.74) is 1.11. The molecule has 0 amide bonds. The number of hydrogen-bond donors (Lipinski definition) is 1. The number of carboxylic acids is 1. The number of likely N-dealkylation sites (N-methyl/N-ethyl adjacent to an activating group) is 1. The Morgan fingerprint density at radius 3 is 2.78 bits per heavy atom. The number of nitrogens with zero attached hydrogens (tertiary/aromatic N) is 1. The van der Waals surface area contributed by atoms with Gasteiger partial charge in [-0.3, -0.25) is 0 Å². The summed E-state index contributed by atoms with van der Waals surface area (Å²) in [5.74, 6) is -0.0308. The van der Waals surface area contributed by atoms with Gasteiger partial charge in [0.25, 0.3) is 0 Å². The third kappa shape index (κ3) is 3.65. The van der Waals surface area contributed by atoms with E-state index in [0.29, 0.717) is 18.7 Å². The number of anilines is 1. The monoisotopic (exact) mass is 269 g/mol. The number of carboxylic acid groups (broad SMARTS) is 1. The number of aromatic carboxylic acids is 1. The molecule has 5 heteroatoms. The van der Waals surface area contributed by atoms with Crippen molar-refractivity contribution in [2.24, 2.45) is 0 Å². The van der Waals surface area contributed by atoms with E-state index in [1.54, 1.807) is 18.9 Å².